The van der Waals surface area contributed by atoms with E-state index in [2.05, 4.69) is 24.0 Å². The van der Waals surface area contributed by atoms with Gasteiger partial charge in [-0.3, -0.25) is 4.98 Å². The summed E-state index contributed by atoms with van der Waals surface area (Å²) < 4.78 is 0. The molecule has 2 rings (SSSR count). The lowest BCUT2D eigenvalue weighted by atomic mass is 10.0. The van der Waals surface area contributed by atoms with Gasteiger partial charge < -0.3 is 0 Å². The molecule has 0 amide bonds. The van der Waals surface area contributed by atoms with E-state index in [9.17, 15) is 0 Å². The number of rotatable bonds is 4. The molecule has 1 aliphatic rings. The Hall–Kier alpha value is -1.01. The highest BCUT2D eigenvalue weighted by atomic mass is 32.2. The fourth-order valence-electron chi connectivity index (χ4n) is 2.40. The SMILES string of the molecule is CC(CC#N)c1cncc(SC2CCCCC2)c1. The molecule has 0 spiro atoms. The lowest BCUT2D eigenvalue weighted by Gasteiger charge is -2.21. The van der Waals surface area contributed by atoms with Crippen LogP contribution in [0.3, 0.4) is 0 Å². The molecule has 0 saturated heterocycles. The molecule has 1 unspecified atom stereocenters. The molecule has 18 heavy (non-hydrogen) atoms. The first-order valence-corrected chi connectivity index (χ1v) is 7.66. The van der Waals surface area contributed by atoms with Crippen LogP contribution in [0.25, 0.3) is 0 Å². The average Bonchev–Trinajstić information content (AvgIpc) is 2.40. The molecule has 1 heterocycles. The van der Waals surface area contributed by atoms with Crippen LogP contribution in [0.15, 0.2) is 23.4 Å². The van der Waals surface area contributed by atoms with E-state index in [1.54, 1.807) is 0 Å². The van der Waals surface area contributed by atoms with Crippen LogP contribution in [0, 0.1) is 11.3 Å². The fourth-order valence-corrected chi connectivity index (χ4v) is 3.68. The van der Waals surface area contributed by atoms with Gasteiger partial charge in [-0.1, -0.05) is 26.2 Å². The highest BCUT2D eigenvalue weighted by Crippen LogP contribution is 2.34. The number of nitriles is 1. The van der Waals surface area contributed by atoms with Gasteiger partial charge in [0.15, 0.2) is 0 Å². The van der Waals surface area contributed by atoms with Gasteiger partial charge in [-0.05, 0) is 30.4 Å². The highest BCUT2D eigenvalue weighted by Gasteiger charge is 2.15. The molecule has 0 aromatic carbocycles. The van der Waals surface area contributed by atoms with Gasteiger partial charge in [0.2, 0.25) is 0 Å². The van der Waals surface area contributed by atoms with Crippen LogP contribution >= 0.6 is 11.8 Å². The molecule has 1 aliphatic carbocycles. The van der Waals surface area contributed by atoms with Crippen molar-refractivity contribution in [3.05, 3.63) is 24.0 Å². The van der Waals surface area contributed by atoms with E-state index >= 15 is 0 Å². The topological polar surface area (TPSA) is 36.7 Å². The van der Waals surface area contributed by atoms with Crippen molar-refractivity contribution in [1.82, 2.24) is 4.98 Å². The lowest BCUT2D eigenvalue weighted by molar-refractivity contribution is 0.516. The molecular formula is C15H20N2S. The summed E-state index contributed by atoms with van der Waals surface area (Å²) in [5, 5.41) is 9.52. The van der Waals surface area contributed by atoms with Crippen molar-refractivity contribution >= 4 is 11.8 Å². The second-order valence-electron chi connectivity index (χ2n) is 5.10. The molecule has 0 N–H and O–H groups in total. The molecule has 1 saturated carbocycles. The third-order valence-electron chi connectivity index (χ3n) is 3.56. The van der Waals surface area contributed by atoms with Gasteiger partial charge in [0, 0.05) is 29.0 Å². The molecule has 1 atom stereocenters. The van der Waals surface area contributed by atoms with E-state index in [1.165, 1.54) is 42.6 Å². The van der Waals surface area contributed by atoms with Gasteiger partial charge in [0.25, 0.3) is 0 Å². The van der Waals surface area contributed by atoms with Gasteiger partial charge in [0.1, 0.15) is 0 Å². The maximum absolute atomic E-state index is 8.75. The van der Waals surface area contributed by atoms with Crippen molar-refractivity contribution in [3.8, 4) is 6.07 Å². The maximum atomic E-state index is 8.75. The summed E-state index contributed by atoms with van der Waals surface area (Å²) in [6, 6.07) is 4.45. The predicted octanol–water partition coefficient (Wildman–Crippen LogP) is 4.52. The van der Waals surface area contributed by atoms with Gasteiger partial charge in [0.05, 0.1) is 6.07 Å². The van der Waals surface area contributed by atoms with Gasteiger partial charge in [-0.2, -0.15) is 5.26 Å². The molecule has 0 bridgehead atoms. The summed E-state index contributed by atoms with van der Waals surface area (Å²) in [5.41, 5.74) is 1.19. The van der Waals surface area contributed by atoms with Crippen molar-refractivity contribution in [2.75, 3.05) is 0 Å². The zero-order valence-electron chi connectivity index (χ0n) is 10.9. The molecule has 0 radical (unpaired) electrons. The Bertz CT molecular complexity index is 419. The van der Waals surface area contributed by atoms with Crippen LogP contribution in [0.5, 0.6) is 0 Å². The minimum absolute atomic E-state index is 0.286. The first-order chi connectivity index (χ1) is 8.79. The summed E-state index contributed by atoms with van der Waals surface area (Å²) in [6.07, 6.45) is 11.2. The Balaban J connectivity index is 2.00. The van der Waals surface area contributed by atoms with Crippen LogP contribution in [-0.2, 0) is 0 Å². The largest absolute Gasteiger partial charge is 0.263 e. The summed E-state index contributed by atoms with van der Waals surface area (Å²) in [6.45, 7) is 2.09. The lowest BCUT2D eigenvalue weighted by Crippen LogP contribution is -2.07. The zero-order chi connectivity index (χ0) is 12.8. The summed E-state index contributed by atoms with van der Waals surface area (Å²) in [5.74, 6) is 0.286. The second kappa shape index (κ2) is 6.80. The Morgan fingerprint density at radius 2 is 2.17 bits per heavy atom. The number of pyridine rings is 1. The fraction of sp³-hybridized carbons (Fsp3) is 0.600. The van der Waals surface area contributed by atoms with Crippen LogP contribution < -0.4 is 0 Å². The number of hydrogen-bond acceptors (Lipinski definition) is 3. The number of nitrogens with zero attached hydrogens (tertiary/aromatic N) is 2. The maximum Gasteiger partial charge on any atom is 0.0628 e. The minimum atomic E-state index is 0.286. The first kappa shape index (κ1) is 13.4. The monoisotopic (exact) mass is 260 g/mol. The van der Waals surface area contributed by atoms with Crippen LogP contribution in [0.1, 0.15) is 56.9 Å². The Labute approximate surface area is 114 Å². The first-order valence-electron chi connectivity index (χ1n) is 6.78. The van der Waals surface area contributed by atoms with Gasteiger partial charge in [-0.15, -0.1) is 11.8 Å². The van der Waals surface area contributed by atoms with Crippen molar-refractivity contribution in [3.63, 3.8) is 0 Å². The molecule has 1 aromatic rings. The molecule has 0 aliphatic heterocycles. The standard InChI is InChI=1S/C15H20N2S/c1-12(7-8-16)13-9-15(11-17-10-13)18-14-5-3-2-4-6-14/h9-12,14H,2-7H2,1H3. The van der Waals surface area contributed by atoms with E-state index in [4.69, 9.17) is 5.26 Å². The van der Waals surface area contributed by atoms with E-state index in [-0.39, 0.29) is 5.92 Å². The van der Waals surface area contributed by atoms with Crippen molar-refractivity contribution < 1.29 is 0 Å². The molecule has 1 fully saturated rings. The van der Waals surface area contributed by atoms with E-state index in [0.717, 1.165) is 5.25 Å². The predicted molar refractivity (Wildman–Crippen MR) is 75.6 cm³/mol. The van der Waals surface area contributed by atoms with Gasteiger partial charge in [-0.25, -0.2) is 0 Å². The molecule has 3 heteroatoms. The summed E-state index contributed by atoms with van der Waals surface area (Å²) in [7, 11) is 0. The van der Waals surface area contributed by atoms with Crippen molar-refractivity contribution in [2.45, 2.75) is 61.5 Å². The van der Waals surface area contributed by atoms with E-state index in [0.29, 0.717) is 6.42 Å². The normalized spacial score (nSPS) is 18.2. The third kappa shape index (κ3) is 3.74. The average molecular weight is 260 g/mol. The zero-order valence-corrected chi connectivity index (χ0v) is 11.7. The Kier molecular flexibility index (Phi) is 5.07. The Morgan fingerprint density at radius 3 is 2.89 bits per heavy atom. The third-order valence-corrected chi connectivity index (χ3v) is 4.86. The van der Waals surface area contributed by atoms with Crippen LogP contribution in [0.2, 0.25) is 0 Å². The minimum Gasteiger partial charge on any atom is -0.263 e. The van der Waals surface area contributed by atoms with E-state index in [1.807, 2.05) is 24.2 Å². The van der Waals surface area contributed by atoms with Crippen molar-refractivity contribution in [1.29, 1.82) is 5.26 Å². The number of aromatic nitrogens is 1. The van der Waals surface area contributed by atoms with Crippen LogP contribution in [-0.4, -0.2) is 10.2 Å². The number of hydrogen-bond donors (Lipinski definition) is 0. The molecule has 1 aromatic heterocycles. The summed E-state index contributed by atoms with van der Waals surface area (Å²) >= 11 is 1.97. The number of thioether (sulfide) groups is 1. The Morgan fingerprint density at radius 1 is 1.39 bits per heavy atom. The highest BCUT2D eigenvalue weighted by molar-refractivity contribution is 8.00. The quantitative estimate of drug-likeness (QED) is 0.798. The summed E-state index contributed by atoms with van der Waals surface area (Å²) in [4.78, 5) is 5.59. The second-order valence-corrected chi connectivity index (χ2v) is 6.47. The molecular weight excluding hydrogens is 240 g/mol. The van der Waals surface area contributed by atoms with E-state index < -0.39 is 0 Å². The molecule has 2 nitrogen and oxygen atoms in total. The van der Waals surface area contributed by atoms with Crippen LogP contribution in [0.4, 0.5) is 0 Å². The van der Waals surface area contributed by atoms with Crippen molar-refractivity contribution in [2.24, 2.45) is 0 Å². The smallest absolute Gasteiger partial charge is 0.0628 e. The van der Waals surface area contributed by atoms with Gasteiger partial charge >= 0.3 is 0 Å². The molecule has 96 valence electrons.